The standard InChI is InChI=1S/C21H24N3O7P/c1-4-18-11-17(16-7-5-15(14-25)6-8-16)12-20(22-32(28,29-2)30-3)23(18)13-19-9-10-21(31-19)24(26)27/h4-11,18,25H,1,12-14H2,2-3H3/b22-20-. The zero-order valence-electron chi connectivity index (χ0n) is 17.7. The molecule has 10 nitrogen and oxygen atoms in total. The maximum atomic E-state index is 12.8. The Labute approximate surface area is 185 Å². The Kier molecular flexibility index (Phi) is 7.42. The van der Waals surface area contributed by atoms with E-state index in [4.69, 9.17) is 13.5 Å². The molecule has 1 aliphatic heterocycles. The van der Waals surface area contributed by atoms with E-state index < -0.39 is 12.7 Å². The molecule has 0 amide bonds. The summed E-state index contributed by atoms with van der Waals surface area (Å²) in [5.74, 6) is 0.361. The summed E-state index contributed by atoms with van der Waals surface area (Å²) in [6, 6.07) is 9.81. The number of nitrogens with zero attached hydrogens (tertiary/aromatic N) is 3. The molecule has 3 rings (SSSR count). The lowest BCUT2D eigenvalue weighted by molar-refractivity contribution is -0.402. The smallest absolute Gasteiger partial charge is 0.404 e. The van der Waals surface area contributed by atoms with E-state index in [1.54, 1.807) is 11.0 Å². The lowest BCUT2D eigenvalue weighted by Gasteiger charge is -2.35. The fourth-order valence-corrected chi connectivity index (χ4v) is 4.10. The Morgan fingerprint density at radius 3 is 2.53 bits per heavy atom. The van der Waals surface area contributed by atoms with Crippen LogP contribution in [-0.2, 0) is 26.8 Å². The molecule has 0 fully saturated rings. The highest BCUT2D eigenvalue weighted by molar-refractivity contribution is 7.52. The third kappa shape index (κ3) is 5.23. The molecule has 11 heteroatoms. The van der Waals surface area contributed by atoms with Crippen LogP contribution in [0.5, 0.6) is 0 Å². The van der Waals surface area contributed by atoms with E-state index in [2.05, 4.69) is 11.3 Å². The Morgan fingerprint density at radius 1 is 1.31 bits per heavy atom. The molecule has 1 N–H and O–H groups in total. The molecule has 32 heavy (non-hydrogen) atoms. The van der Waals surface area contributed by atoms with Gasteiger partial charge in [0, 0.05) is 20.6 Å². The molecule has 0 bridgehead atoms. The number of hydrogen-bond acceptors (Lipinski definition) is 7. The van der Waals surface area contributed by atoms with Crippen LogP contribution in [0.15, 0.2) is 64.3 Å². The van der Waals surface area contributed by atoms with Crippen molar-refractivity contribution in [1.82, 2.24) is 4.90 Å². The van der Waals surface area contributed by atoms with Crippen LogP contribution in [0.25, 0.3) is 5.57 Å². The van der Waals surface area contributed by atoms with Gasteiger partial charge in [-0.1, -0.05) is 36.4 Å². The first-order valence-electron chi connectivity index (χ1n) is 9.66. The summed E-state index contributed by atoms with van der Waals surface area (Å²) < 4.78 is 32.4. The van der Waals surface area contributed by atoms with Gasteiger partial charge < -0.3 is 14.4 Å². The second kappa shape index (κ2) is 10.1. The molecule has 0 aliphatic carbocycles. The van der Waals surface area contributed by atoms with Gasteiger partial charge in [-0.3, -0.25) is 19.2 Å². The minimum Gasteiger partial charge on any atom is -0.404 e. The van der Waals surface area contributed by atoms with Gasteiger partial charge >= 0.3 is 13.6 Å². The summed E-state index contributed by atoms with van der Waals surface area (Å²) in [5, 5.41) is 20.3. The van der Waals surface area contributed by atoms with Crippen LogP contribution in [0.1, 0.15) is 23.3 Å². The van der Waals surface area contributed by atoms with E-state index >= 15 is 0 Å². The average molecular weight is 461 g/mol. The van der Waals surface area contributed by atoms with Gasteiger partial charge in [0.05, 0.1) is 25.3 Å². The Morgan fingerprint density at radius 2 is 2.00 bits per heavy atom. The van der Waals surface area contributed by atoms with Gasteiger partial charge in [-0.15, -0.1) is 6.58 Å². The van der Waals surface area contributed by atoms with Crippen molar-refractivity contribution in [3.8, 4) is 0 Å². The number of nitro groups is 1. The Hall–Kier alpha value is -3.04. The monoisotopic (exact) mass is 461 g/mol. The molecule has 0 radical (unpaired) electrons. The number of aliphatic hydroxyl groups excluding tert-OH is 1. The molecule has 1 atom stereocenters. The normalized spacial score (nSPS) is 18.0. The predicted molar refractivity (Wildman–Crippen MR) is 119 cm³/mol. The molecular weight excluding hydrogens is 437 g/mol. The van der Waals surface area contributed by atoms with Crippen LogP contribution in [0, 0.1) is 10.1 Å². The Balaban J connectivity index is 2.03. The molecule has 2 aromatic rings. The van der Waals surface area contributed by atoms with Crippen molar-refractivity contribution in [2.45, 2.75) is 25.6 Å². The summed E-state index contributed by atoms with van der Waals surface area (Å²) in [6.07, 6.45) is 3.95. The summed E-state index contributed by atoms with van der Waals surface area (Å²) >= 11 is 0. The van der Waals surface area contributed by atoms with E-state index in [-0.39, 0.29) is 25.1 Å². The first kappa shape index (κ1) is 23.6. The highest BCUT2D eigenvalue weighted by Gasteiger charge is 2.31. The van der Waals surface area contributed by atoms with Crippen LogP contribution in [-0.4, -0.2) is 41.0 Å². The van der Waals surface area contributed by atoms with E-state index in [1.807, 2.05) is 30.3 Å². The highest BCUT2D eigenvalue weighted by Crippen LogP contribution is 2.49. The van der Waals surface area contributed by atoms with E-state index in [1.165, 1.54) is 26.4 Å². The van der Waals surface area contributed by atoms with Crippen molar-refractivity contribution < 1.29 is 28.1 Å². The molecular formula is C21H24N3O7P. The third-order valence-electron chi connectivity index (χ3n) is 5.01. The van der Waals surface area contributed by atoms with Crippen LogP contribution < -0.4 is 0 Å². The van der Waals surface area contributed by atoms with Crippen molar-refractivity contribution in [2.75, 3.05) is 14.2 Å². The SMILES string of the molecule is C=CC1C=C(c2ccc(CO)cc2)C/C(=N/P(=O)(OC)OC)N1Cc1ccc([N+](=O)[O-])o1. The van der Waals surface area contributed by atoms with Crippen LogP contribution >= 0.6 is 7.75 Å². The van der Waals surface area contributed by atoms with Crippen molar-refractivity contribution in [1.29, 1.82) is 0 Å². The van der Waals surface area contributed by atoms with Crippen molar-refractivity contribution in [3.63, 3.8) is 0 Å². The van der Waals surface area contributed by atoms with Gasteiger partial charge in [-0.2, -0.15) is 4.76 Å². The van der Waals surface area contributed by atoms with Gasteiger partial charge in [-0.05, 0) is 22.8 Å². The van der Waals surface area contributed by atoms with Gasteiger partial charge in [0.2, 0.25) is 0 Å². The van der Waals surface area contributed by atoms with Crippen LogP contribution in [0.3, 0.4) is 0 Å². The lowest BCUT2D eigenvalue weighted by Crippen LogP contribution is -2.40. The molecule has 1 aliphatic rings. The maximum Gasteiger partial charge on any atom is 0.454 e. The van der Waals surface area contributed by atoms with Gasteiger partial charge in [0.1, 0.15) is 16.5 Å². The van der Waals surface area contributed by atoms with Gasteiger partial charge in [0.15, 0.2) is 0 Å². The number of benzene rings is 1. The van der Waals surface area contributed by atoms with Crippen molar-refractivity contribution in [2.24, 2.45) is 4.76 Å². The molecule has 1 aromatic heterocycles. The summed E-state index contributed by atoms with van der Waals surface area (Å²) in [7, 11) is -1.27. The molecule has 1 unspecified atom stereocenters. The second-order valence-electron chi connectivity index (χ2n) is 6.92. The summed E-state index contributed by atoms with van der Waals surface area (Å²) in [6.45, 7) is 3.96. The fourth-order valence-electron chi connectivity index (χ4n) is 3.32. The molecule has 170 valence electrons. The zero-order valence-corrected chi connectivity index (χ0v) is 18.6. The number of amidine groups is 1. The van der Waals surface area contributed by atoms with Gasteiger partial charge in [0.25, 0.3) is 0 Å². The molecule has 0 saturated heterocycles. The predicted octanol–water partition coefficient (Wildman–Crippen LogP) is 4.32. The largest absolute Gasteiger partial charge is 0.454 e. The van der Waals surface area contributed by atoms with Crippen LogP contribution in [0.2, 0.25) is 0 Å². The van der Waals surface area contributed by atoms with E-state index in [0.717, 1.165) is 16.7 Å². The average Bonchev–Trinajstić information content (AvgIpc) is 3.29. The lowest BCUT2D eigenvalue weighted by atomic mass is 9.94. The van der Waals surface area contributed by atoms with Crippen molar-refractivity contribution in [3.05, 3.63) is 82.1 Å². The molecule has 0 saturated carbocycles. The first-order chi connectivity index (χ1) is 15.3. The number of aliphatic hydroxyl groups is 1. The van der Waals surface area contributed by atoms with Gasteiger partial charge in [-0.25, -0.2) is 4.57 Å². The first-order valence-corrected chi connectivity index (χ1v) is 11.2. The third-order valence-corrected chi connectivity index (χ3v) is 6.41. The zero-order chi connectivity index (χ0) is 23.3. The summed E-state index contributed by atoms with van der Waals surface area (Å²) in [4.78, 5) is 12.1. The van der Waals surface area contributed by atoms with E-state index in [0.29, 0.717) is 18.0 Å². The second-order valence-corrected chi connectivity index (χ2v) is 8.79. The number of hydrogen-bond donors (Lipinski definition) is 1. The molecule has 0 spiro atoms. The molecule has 1 aromatic carbocycles. The number of furan rings is 1. The molecule has 2 heterocycles. The van der Waals surface area contributed by atoms with E-state index in [9.17, 15) is 19.8 Å². The summed E-state index contributed by atoms with van der Waals surface area (Å²) in [5.41, 5.74) is 2.59. The highest BCUT2D eigenvalue weighted by atomic mass is 31.2. The maximum absolute atomic E-state index is 12.8. The van der Waals surface area contributed by atoms with Crippen molar-refractivity contribution >= 4 is 25.0 Å². The minimum absolute atomic E-state index is 0.0603. The topological polar surface area (TPSA) is 128 Å². The Bertz CT molecular complexity index is 1080. The number of rotatable bonds is 9. The minimum atomic E-state index is -3.76. The quantitative estimate of drug-likeness (QED) is 0.253. The fraction of sp³-hybridized carbons (Fsp3) is 0.286. The van der Waals surface area contributed by atoms with Crippen LogP contribution in [0.4, 0.5) is 5.88 Å².